The van der Waals surface area contributed by atoms with Gasteiger partial charge in [0.1, 0.15) is 0 Å². The summed E-state index contributed by atoms with van der Waals surface area (Å²) in [5.74, 6) is -0.135. The molecule has 0 aliphatic carbocycles. The van der Waals surface area contributed by atoms with Crippen LogP contribution in [0.3, 0.4) is 0 Å². The molecule has 0 heterocycles. The van der Waals surface area contributed by atoms with Gasteiger partial charge in [0.05, 0.1) is 42.0 Å². The van der Waals surface area contributed by atoms with E-state index in [-0.39, 0.29) is 37.6 Å². The maximum Gasteiger partial charge on any atom is 0.275 e. The van der Waals surface area contributed by atoms with E-state index in [1.807, 2.05) is 0 Å². The molecule has 0 aliphatic heterocycles. The third-order valence-corrected chi connectivity index (χ3v) is 5.03. The minimum absolute atomic E-state index is 0.135. The Hall–Kier alpha value is -1.63. The fourth-order valence-corrected chi connectivity index (χ4v) is 3.91. The lowest BCUT2D eigenvalue weighted by Crippen LogP contribution is -2.04. The normalized spacial score (nSPS) is 12.1. The van der Waals surface area contributed by atoms with E-state index in [0.29, 0.717) is 0 Å². The molecule has 0 fully saturated rings. The summed E-state index contributed by atoms with van der Waals surface area (Å²) in [4.78, 5) is 10.7. The first-order valence-electron chi connectivity index (χ1n) is 5.76. The highest BCUT2D eigenvalue weighted by atomic mass is 35.5. The lowest BCUT2D eigenvalue weighted by atomic mass is 10.2. The van der Waals surface area contributed by atoms with Gasteiger partial charge >= 0.3 is 0 Å². The minimum atomic E-state index is -1.64. The average molecular weight is 345 g/mol. The number of hydrogen-bond acceptors (Lipinski definition) is 4. The molecular formula is C13H10Cl2N2O3S. The number of nitrogen functional groups attached to an aromatic ring is 1. The standard InChI is InChI=1S/C13H10Cl2N2O3S/c14-9-3-2-6-12(17(18)19)8(9)7-21(20)13-10(15)4-1-5-11(13)16/h1-6H,7,16H2. The number of hydrogen-bond donors (Lipinski definition) is 1. The molecule has 8 heteroatoms. The summed E-state index contributed by atoms with van der Waals surface area (Å²) < 4.78 is 12.4. The van der Waals surface area contributed by atoms with Gasteiger partial charge in [0.15, 0.2) is 0 Å². The molecule has 2 rings (SSSR count). The number of anilines is 1. The zero-order chi connectivity index (χ0) is 15.6. The molecule has 5 nitrogen and oxygen atoms in total. The van der Waals surface area contributed by atoms with Crippen molar-refractivity contribution in [2.45, 2.75) is 10.6 Å². The third-order valence-electron chi connectivity index (χ3n) is 2.79. The largest absolute Gasteiger partial charge is 0.398 e. The Balaban J connectivity index is 2.44. The molecule has 2 aromatic carbocycles. The molecular weight excluding hydrogens is 335 g/mol. The maximum atomic E-state index is 12.4. The number of nitrogens with zero attached hydrogens (tertiary/aromatic N) is 1. The summed E-state index contributed by atoms with van der Waals surface area (Å²) in [7, 11) is -1.64. The van der Waals surface area contributed by atoms with Gasteiger partial charge in [-0.3, -0.25) is 14.3 Å². The van der Waals surface area contributed by atoms with Crippen molar-refractivity contribution >= 4 is 45.4 Å². The predicted molar refractivity (Wildman–Crippen MR) is 84.1 cm³/mol. The highest BCUT2D eigenvalue weighted by molar-refractivity contribution is 7.84. The first kappa shape index (κ1) is 15.8. The summed E-state index contributed by atoms with van der Waals surface area (Å²) in [6, 6.07) is 9.06. The first-order valence-corrected chi connectivity index (χ1v) is 7.83. The molecule has 0 bridgehead atoms. The monoisotopic (exact) mass is 344 g/mol. The van der Waals surface area contributed by atoms with Crippen LogP contribution in [0.4, 0.5) is 11.4 Å². The third kappa shape index (κ3) is 3.34. The van der Waals surface area contributed by atoms with Crippen molar-refractivity contribution in [3.63, 3.8) is 0 Å². The van der Waals surface area contributed by atoms with Crippen LogP contribution in [0.5, 0.6) is 0 Å². The van der Waals surface area contributed by atoms with E-state index in [0.717, 1.165) is 0 Å². The first-order chi connectivity index (χ1) is 9.91. The molecule has 0 saturated heterocycles. The molecule has 0 aliphatic rings. The van der Waals surface area contributed by atoms with E-state index in [2.05, 4.69) is 0 Å². The molecule has 0 saturated carbocycles. The second kappa shape index (κ2) is 6.43. The topological polar surface area (TPSA) is 86.2 Å². The predicted octanol–water partition coefficient (Wildman–Crippen LogP) is 3.79. The van der Waals surface area contributed by atoms with E-state index in [1.54, 1.807) is 18.2 Å². The fraction of sp³-hybridized carbons (Fsp3) is 0.0769. The van der Waals surface area contributed by atoms with E-state index in [9.17, 15) is 14.3 Å². The number of nitrogens with two attached hydrogens (primary N) is 1. The Bertz CT molecular complexity index is 717. The van der Waals surface area contributed by atoms with Crippen molar-refractivity contribution in [1.82, 2.24) is 0 Å². The van der Waals surface area contributed by atoms with Crippen LogP contribution < -0.4 is 5.73 Å². The van der Waals surface area contributed by atoms with Crippen LogP contribution in [-0.2, 0) is 16.6 Å². The molecule has 1 unspecified atom stereocenters. The van der Waals surface area contributed by atoms with E-state index in [1.165, 1.54) is 18.2 Å². The summed E-state index contributed by atoms with van der Waals surface area (Å²) >= 11 is 12.0. The highest BCUT2D eigenvalue weighted by Gasteiger charge is 2.21. The molecule has 21 heavy (non-hydrogen) atoms. The Morgan fingerprint density at radius 1 is 1.14 bits per heavy atom. The molecule has 0 radical (unpaired) electrons. The van der Waals surface area contributed by atoms with Crippen LogP contribution in [0.1, 0.15) is 5.56 Å². The van der Waals surface area contributed by atoms with Gasteiger partial charge in [-0.1, -0.05) is 35.3 Å². The summed E-state index contributed by atoms with van der Waals surface area (Å²) in [6.07, 6.45) is 0. The van der Waals surface area contributed by atoms with E-state index >= 15 is 0 Å². The van der Waals surface area contributed by atoms with Gasteiger partial charge < -0.3 is 5.73 Å². The quantitative estimate of drug-likeness (QED) is 0.519. The van der Waals surface area contributed by atoms with Gasteiger partial charge in [-0.15, -0.1) is 0 Å². The summed E-state index contributed by atoms with van der Waals surface area (Å²) in [5.41, 5.74) is 6.06. The van der Waals surface area contributed by atoms with E-state index < -0.39 is 15.7 Å². The maximum absolute atomic E-state index is 12.4. The SMILES string of the molecule is Nc1cccc(Cl)c1S(=O)Cc1c(Cl)cccc1[N+](=O)[O-]. The number of nitro groups is 1. The van der Waals surface area contributed by atoms with Crippen molar-refractivity contribution in [1.29, 1.82) is 0 Å². The Kier molecular flexibility index (Phi) is 4.82. The molecule has 0 aromatic heterocycles. The average Bonchev–Trinajstić information content (AvgIpc) is 2.40. The zero-order valence-corrected chi connectivity index (χ0v) is 12.9. The van der Waals surface area contributed by atoms with E-state index in [4.69, 9.17) is 28.9 Å². The number of rotatable bonds is 4. The number of halogens is 2. The lowest BCUT2D eigenvalue weighted by Gasteiger charge is -2.09. The van der Waals surface area contributed by atoms with Gasteiger partial charge in [-0.25, -0.2) is 0 Å². The van der Waals surface area contributed by atoms with Crippen molar-refractivity contribution in [2.24, 2.45) is 0 Å². The molecule has 0 spiro atoms. The van der Waals surface area contributed by atoms with Gasteiger partial charge in [-0.2, -0.15) is 0 Å². The minimum Gasteiger partial charge on any atom is -0.398 e. The molecule has 0 amide bonds. The van der Waals surface area contributed by atoms with Gasteiger partial charge in [-0.05, 0) is 18.2 Å². The van der Waals surface area contributed by atoms with Crippen molar-refractivity contribution < 1.29 is 9.13 Å². The lowest BCUT2D eigenvalue weighted by molar-refractivity contribution is -0.385. The zero-order valence-electron chi connectivity index (χ0n) is 10.6. The molecule has 2 N–H and O–H groups in total. The molecule has 110 valence electrons. The van der Waals surface area contributed by atoms with Crippen molar-refractivity contribution in [2.75, 3.05) is 5.73 Å². The van der Waals surface area contributed by atoms with Crippen molar-refractivity contribution in [3.8, 4) is 0 Å². The fourth-order valence-electron chi connectivity index (χ4n) is 1.83. The van der Waals surface area contributed by atoms with Gasteiger partial charge in [0.25, 0.3) is 5.69 Å². The van der Waals surface area contributed by atoms with Crippen LogP contribution >= 0.6 is 23.2 Å². The van der Waals surface area contributed by atoms with Crippen LogP contribution in [0.15, 0.2) is 41.3 Å². The Labute approximate surface area is 133 Å². The molecule has 2 aromatic rings. The second-order valence-electron chi connectivity index (χ2n) is 4.14. The molecule has 1 atom stereocenters. The number of nitro benzene ring substituents is 1. The van der Waals surface area contributed by atoms with Crippen LogP contribution in [0, 0.1) is 10.1 Å². The van der Waals surface area contributed by atoms with Crippen molar-refractivity contribution in [3.05, 3.63) is 62.1 Å². The Morgan fingerprint density at radius 3 is 2.38 bits per heavy atom. The van der Waals surface area contributed by atoms with Crippen LogP contribution in [0.2, 0.25) is 10.0 Å². The van der Waals surface area contributed by atoms with Crippen LogP contribution in [-0.4, -0.2) is 9.13 Å². The van der Waals surface area contributed by atoms with Gasteiger partial charge in [0, 0.05) is 11.8 Å². The van der Waals surface area contributed by atoms with Crippen LogP contribution in [0.25, 0.3) is 0 Å². The number of benzene rings is 2. The summed E-state index contributed by atoms with van der Waals surface area (Å²) in [5, 5.41) is 11.5. The smallest absolute Gasteiger partial charge is 0.275 e. The highest BCUT2D eigenvalue weighted by Crippen LogP contribution is 2.32. The second-order valence-corrected chi connectivity index (χ2v) is 6.35. The van der Waals surface area contributed by atoms with Gasteiger partial charge in [0.2, 0.25) is 0 Å². The Morgan fingerprint density at radius 2 is 1.76 bits per heavy atom. The summed E-state index contributed by atoms with van der Waals surface area (Å²) in [6.45, 7) is 0.